The molecule has 2 rings (SSSR count). The average Bonchev–Trinajstić information content (AvgIpc) is 2.46. The Hall–Kier alpha value is -1.87. The first-order chi connectivity index (χ1) is 9.65. The Morgan fingerprint density at radius 2 is 1.85 bits per heavy atom. The van der Waals surface area contributed by atoms with Crippen LogP contribution in [0.5, 0.6) is 0 Å². The fourth-order valence-electron chi connectivity index (χ4n) is 2.04. The summed E-state index contributed by atoms with van der Waals surface area (Å²) in [6.07, 6.45) is 0. The molecular formula is C17H20N2S. The zero-order valence-corrected chi connectivity index (χ0v) is 12.7. The Morgan fingerprint density at radius 3 is 2.55 bits per heavy atom. The van der Waals surface area contributed by atoms with Crippen LogP contribution in [0.15, 0.2) is 54.6 Å². The molecule has 1 atom stereocenters. The van der Waals surface area contributed by atoms with E-state index in [0.717, 1.165) is 12.2 Å². The standard InChI is InChI=1S/C17H20N2S/c1-13-7-6-10-16(11-13)19-17(20)18-12-14(2)15-8-4-3-5-9-15/h3-11,14H,12H2,1-2H3,(H2,18,19,20)/t14-/m1/s1. The van der Waals surface area contributed by atoms with Crippen LogP contribution in [0.4, 0.5) is 5.69 Å². The van der Waals surface area contributed by atoms with Gasteiger partial charge in [0.1, 0.15) is 0 Å². The van der Waals surface area contributed by atoms with Gasteiger partial charge < -0.3 is 10.6 Å². The van der Waals surface area contributed by atoms with E-state index >= 15 is 0 Å². The maximum absolute atomic E-state index is 5.33. The van der Waals surface area contributed by atoms with Crippen molar-refractivity contribution < 1.29 is 0 Å². The molecule has 0 bridgehead atoms. The predicted molar refractivity (Wildman–Crippen MR) is 90.3 cm³/mol. The molecule has 0 amide bonds. The highest BCUT2D eigenvalue weighted by atomic mass is 32.1. The second-order valence-corrected chi connectivity index (χ2v) is 5.42. The van der Waals surface area contributed by atoms with Gasteiger partial charge in [-0.15, -0.1) is 0 Å². The normalized spacial score (nSPS) is 11.7. The molecule has 0 aliphatic heterocycles. The van der Waals surface area contributed by atoms with Gasteiger partial charge in [0.2, 0.25) is 0 Å². The van der Waals surface area contributed by atoms with Gasteiger partial charge in [-0.1, -0.05) is 49.4 Å². The number of hydrogen-bond acceptors (Lipinski definition) is 1. The van der Waals surface area contributed by atoms with Crippen LogP contribution in [0.3, 0.4) is 0 Å². The van der Waals surface area contributed by atoms with Crippen LogP contribution in [0.25, 0.3) is 0 Å². The number of benzene rings is 2. The van der Waals surface area contributed by atoms with Crippen LogP contribution < -0.4 is 10.6 Å². The van der Waals surface area contributed by atoms with E-state index in [9.17, 15) is 0 Å². The lowest BCUT2D eigenvalue weighted by atomic mass is 10.0. The SMILES string of the molecule is Cc1cccc(NC(=S)NC[C@@H](C)c2ccccc2)c1. The minimum atomic E-state index is 0.424. The topological polar surface area (TPSA) is 24.1 Å². The Bertz CT molecular complexity index is 566. The molecule has 2 nitrogen and oxygen atoms in total. The quantitative estimate of drug-likeness (QED) is 0.827. The molecule has 0 heterocycles. The van der Waals surface area contributed by atoms with Crippen molar-refractivity contribution in [1.29, 1.82) is 0 Å². The number of rotatable bonds is 4. The second-order valence-electron chi connectivity index (χ2n) is 5.02. The van der Waals surface area contributed by atoms with E-state index in [0.29, 0.717) is 11.0 Å². The molecule has 20 heavy (non-hydrogen) atoms. The summed E-state index contributed by atoms with van der Waals surface area (Å²) in [5.41, 5.74) is 3.56. The van der Waals surface area contributed by atoms with E-state index in [-0.39, 0.29) is 0 Å². The molecule has 0 unspecified atom stereocenters. The van der Waals surface area contributed by atoms with Gasteiger partial charge in [0.05, 0.1) is 0 Å². The molecule has 0 spiro atoms. The molecule has 0 aliphatic rings. The van der Waals surface area contributed by atoms with Gasteiger partial charge in [-0.2, -0.15) is 0 Å². The minimum Gasteiger partial charge on any atom is -0.362 e. The van der Waals surface area contributed by atoms with Crippen molar-refractivity contribution in [2.75, 3.05) is 11.9 Å². The lowest BCUT2D eigenvalue weighted by Gasteiger charge is -2.15. The molecule has 0 saturated heterocycles. The van der Waals surface area contributed by atoms with Gasteiger partial charge in [0.15, 0.2) is 5.11 Å². The molecule has 0 fully saturated rings. The fourth-order valence-corrected chi connectivity index (χ4v) is 2.24. The highest BCUT2D eigenvalue weighted by Gasteiger charge is 2.05. The highest BCUT2D eigenvalue weighted by Crippen LogP contribution is 2.13. The third-order valence-electron chi connectivity index (χ3n) is 3.21. The highest BCUT2D eigenvalue weighted by molar-refractivity contribution is 7.80. The van der Waals surface area contributed by atoms with Crippen molar-refractivity contribution in [3.8, 4) is 0 Å². The van der Waals surface area contributed by atoms with Crippen LogP contribution in [0.2, 0.25) is 0 Å². The first-order valence-corrected chi connectivity index (χ1v) is 7.22. The summed E-state index contributed by atoms with van der Waals surface area (Å²) in [6, 6.07) is 18.6. The summed E-state index contributed by atoms with van der Waals surface area (Å²) < 4.78 is 0. The van der Waals surface area contributed by atoms with E-state index in [2.05, 4.69) is 60.9 Å². The maximum atomic E-state index is 5.33. The van der Waals surface area contributed by atoms with Crippen molar-refractivity contribution >= 4 is 23.0 Å². The van der Waals surface area contributed by atoms with Crippen LogP contribution in [0, 0.1) is 6.92 Å². The number of thiocarbonyl (C=S) groups is 1. The molecular weight excluding hydrogens is 264 g/mol. The van der Waals surface area contributed by atoms with E-state index in [4.69, 9.17) is 12.2 Å². The molecule has 2 aromatic rings. The first kappa shape index (κ1) is 14.5. The van der Waals surface area contributed by atoms with Crippen LogP contribution in [-0.2, 0) is 0 Å². The molecule has 0 aromatic heterocycles. The Kier molecular flexibility index (Phi) is 5.13. The molecule has 2 aromatic carbocycles. The summed E-state index contributed by atoms with van der Waals surface area (Å²) >= 11 is 5.33. The van der Waals surface area contributed by atoms with Crippen molar-refractivity contribution in [3.63, 3.8) is 0 Å². The zero-order chi connectivity index (χ0) is 14.4. The van der Waals surface area contributed by atoms with Gasteiger partial charge >= 0.3 is 0 Å². The molecule has 0 saturated carbocycles. The van der Waals surface area contributed by atoms with Gasteiger partial charge in [-0.05, 0) is 48.3 Å². The van der Waals surface area contributed by atoms with Crippen molar-refractivity contribution in [2.24, 2.45) is 0 Å². The maximum Gasteiger partial charge on any atom is 0.170 e. The van der Waals surface area contributed by atoms with Crippen molar-refractivity contribution in [1.82, 2.24) is 5.32 Å². The van der Waals surface area contributed by atoms with Gasteiger partial charge in [-0.25, -0.2) is 0 Å². The Labute approximate surface area is 126 Å². The van der Waals surface area contributed by atoms with E-state index in [1.165, 1.54) is 11.1 Å². The number of nitrogens with one attached hydrogen (secondary N) is 2. The summed E-state index contributed by atoms with van der Waals surface area (Å²) in [7, 11) is 0. The zero-order valence-electron chi connectivity index (χ0n) is 11.9. The summed E-state index contributed by atoms with van der Waals surface area (Å²) in [5.74, 6) is 0.424. The third kappa shape index (κ3) is 4.35. The summed E-state index contributed by atoms with van der Waals surface area (Å²) in [4.78, 5) is 0. The second kappa shape index (κ2) is 7.06. The van der Waals surface area contributed by atoms with Crippen molar-refractivity contribution in [3.05, 3.63) is 65.7 Å². The van der Waals surface area contributed by atoms with Gasteiger partial charge in [0.25, 0.3) is 0 Å². The lowest BCUT2D eigenvalue weighted by Crippen LogP contribution is -2.31. The average molecular weight is 284 g/mol. The number of anilines is 1. The van der Waals surface area contributed by atoms with E-state index in [1.807, 2.05) is 18.2 Å². The number of hydrogen-bond donors (Lipinski definition) is 2. The molecule has 0 aliphatic carbocycles. The largest absolute Gasteiger partial charge is 0.362 e. The lowest BCUT2D eigenvalue weighted by molar-refractivity contribution is 0.723. The van der Waals surface area contributed by atoms with E-state index in [1.54, 1.807) is 0 Å². The predicted octanol–water partition coefficient (Wildman–Crippen LogP) is 4.09. The van der Waals surface area contributed by atoms with Gasteiger partial charge in [0, 0.05) is 12.2 Å². The summed E-state index contributed by atoms with van der Waals surface area (Å²) in [5, 5.41) is 7.14. The van der Waals surface area contributed by atoms with Crippen LogP contribution in [0.1, 0.15) is 24.0 Å². The molecule has 3 heteroatoms. The van der Waals surface area contributed by atoms with E-state index < -0.39 is 0 Å². The molecule has 2 N–H and O–H groups in total. The Morgan fingerprint density at radius 1 is 1.10 bits per heavy atom. The van der Waals surface area contributed by atoms with Crippen LogP contribution in [-0.4, -0.2) is 11.7 Å². The number of aryl methyl sites for hydroxylation is 1. The van der Waals surface area contributed by atoms with Crippen LogP contribution >= 0.6 is 12.2 Å². The minimum absolute atomic E-state index is 0.424. The fraction of sp³-hybridized carbons (Fsp3) is 0.235. The van der Waals surface area contributed by atoms with Gasteiger partial charge in [-0.3, -0.25) is 0 Å². The Balaban J connectivity index is 1.83. The third-order valence-corrected chi connectivity index (χ3v) is 3.46. The molecule has 104 valence electrons. The summed E-state index contributed by atoms with van der Waals surface area (Å²) in [6.45, 7) is 5.08. The van der Waals surface area contributed by atoms with Crippen molar-refractivity contribution in [2.45, 2.75) is 19.8 Å². The first-order valence-electron chi connectivity index (χ1n) is 6.81. The monoisotopic (exact) mass is 284 g/mol. The molecule has 0 radical (unpaired) electrons. The smallest absolute Gasteiger partial charge is 0.170 e.